The minimum absolute atomic E-state index is 0.494. The van der Waals surface area contributed by atoms with Crippen molar-refractivity contribution in [2.75, 3.05) is 13.2 Å². The average Bonchev–Trinajstić information content (AvgIpc) is 2.35. The van der Waals surface area contributed by atoms with Crippen LogP contribution in [0.3, 0.4) is 0 Å². The van der Waals surface area contributed by atoms with Gasteiger partial charge in [-0.2, -0.15) is 0 Å². The van der Waals surface area contributed by atoms with Gasteiger partial charge in [-0.1, -0.05) is 0 Å². The summed E-state index contributed by atoms with van der Waals surface area (Å²) in [4.78, 5) is 9.59. The molecule has 1 rings (SSSR count). The van der Waals surface area contributed by atoms with Crippen LogP contribution in [0.4, 0.5) is 8.78 Å². The summed E-state index contributed by atoms with van der Waals surface area (Å²) in [6, 6.07) is -0.253. The first-order valence-corrected chi connectivity index (χ1v) is 6.68. The smallest absolute Gasteiger partial charge is 0.341 e. The number of aliphatic hydroxyl groups is 2. The van der Waals surface area contributed by atoms with Gasteiger partial charge in [-0.05, 0) is 12.1 Å². The Balaban J connectivity index is 3.33. The highest BCUT2D eigenvalue weighted by atomic mass is 32.2. The molecule has 20 heavy (non-hydrogen) atoms. The molecule has 7 nitrogen and oxygen atoms in total. The maximum atomic E-state index is 13.8. The van der Waals surface area contributed by atoms with Crippen molar-refractivity contribution in [2.45, 2.75) is 10.9 Å². The zero-order valence-electron chi connectivity index (χ0n) is 9.88. The van der Waals surface area contributed by atoms with E-state index >= 15 is 0 Å². The fourth-order valence-corrected chi connectivity index (χ4v) is 2.65. The molecule has 0 saturated carbocycles. The second-order valence-electron chi connectivity index (χ2n) is 3.72. The minimum Gasteiger partial charge on any atom is -0.477 e. The number of halogens is 2. The molecule has 10 heteroatoms. The standard InChI is InChI=1S/C10H11F2NO6S/c11-6-1-2-7(9(12)8(6)10(16)17)20(18,19)13-5(3-14)4-15/h1-2,5,13-15H,3-4H2,(H,16,17). The first-order chi connectivity index (χ1) is 9.24. The van der Waals surface area contributed by atoms with Gasteiger partial charge in [0, 0.05) is 0 Å². The minimum atomic E-state index is -4.56. The highest BCUT2D eigenvalue weighted by molar-refractivity contribution is 7.89. The van der Waals surface area contributed by atoms with E-state index < -0.39 is 57.3 Å². The Labute approximate surface area is 112 Å². The molecule has 1 aromatic carbocycles. The van der Waals surface area contributed by atoms with Crippen molar-refractivity contribution in [1.82, 2.24) is 4.72 Å². The molecule has 0 atom stereocenters. The number of aromatic carboxylic acids is 1. The van der Waals surface area contributed by atoms with Crippen molar-refractivity contribution in [3.8, 4) is 0 Å². The zero-order chi connectivity index (χ0) is 15.5. The van der Waals surface area contributed by atoms with Crippen LogP contribution in [0, 0.1) is 11.6 Å². The number of carbonyl (C=O) groups is 1. The lowest BCUT2D eigenvalue weighted by Gasteiger charge is -2.14. The molecule has 0 aliphatic heterocycles. The number of hydrogen-bond acceptors (Lipinski definition) is 5. The lowest BCUT2D eigenvalue weighted by molar-refractivity contribution is 0.0685. The molecule has 1 aromatic rings. The quantitative estimate of drug-likeness (QED) is 0.550. The molecule has 0 aliphatic rings. The number of benzene rings is 1. The second-order valence-corrected chi connectivity index (χ2v) is 5.41. The summed E-state index contributed by atoms with van der Waals surface area (Å²) in [5.74, 6) is -5.15. The summed E-state index contributed by atoms with van der Waals surface area (Å²) in [5.41, 5.74) is -1.41. The van der Waals surface area contributed by atoms with Crippen LogP contribution in [-0.2, 0) is 10.0 Å². The van der Waals surface area contributed by atoms with Gasteiger partial charge < -0.3 is 15.3 Å². The van der Waals surface area contributed by atoms with Gasteiger partial charge in [-0.25, -0.2) is 26.7 Å². The normalized spacial score (nSPS) is 11.8. The number of carboxylic acids is 1. The average molecular weight is 311 g/mol. The van der Waals surface area contributed by atoms with E-state index in [2.05, 4.69) is 0 Å². The van der Waals surface area contributed by atoms with E-state index in [1.165, 1.54) is 0 Å². The van der Waals surface area contributed by atoms with Gasteiger partial charge in [0.2, 0.25) is 10.0 Å². The van der Waals surface area contributed by atoms with Crippen molar-refractivity contribution in [1.29, 1.82) is 0 Å². The number of rotatable bonds is 6. The van der Waals surface area contributed by atoms with Crippen molar-refractivity contribution in [3.63, 3.8) is 0 Å². The number of sulfonamides is 1. The molecular formula is C10H11F2NO6S. The molecule has 0 aliphatic carbocycles. The number of aliphatic hydroxyl groups excluding tert-OH is 2. The first-order valence-electron chi connectivity index (χ1n) is 5.20. The van der Waals surface area contributed by atoms with Crippen LogP contribution in [0.5, 0.6) is 0 Å². The van der Waals surface area contributed by atoms with Crippen LogP contribution in [-0.4, -0.2) is 49.0 Å². The fraction of sp³-hybridized carbons (Fsp3) is 0.300. The van der Waals surface area contributed by atoms with E-state index in [4.69, 9.17) is 15.3 Å². The van der Waals surface area contributed by atoms with Gasteiger partial charge in [-0.15, -0.1) is 0 Å². The van der Waals surface area contributed by atoms with Crippen molar-refractivity contribution in [3.05, 3.63) is 29.3 Å². The van der Waals surface area contributed by atoms with Gasteiger partial charge >= 0.3 is 5.97 Å². The molecule has 0 fully saturated rings. The van der Waals surface area contributed by atoms with Crippen LogP contribution >= 0.6 is 0 Å². The van der Waals surface area contributed by atoms with Gasteiger partial charge in [0.05, 0.1) is 19.3 Å². The van der Waals surface area contributed by atoms with E-state index in [0.29, 0.717) is 12.1 Å². The Morgan fingerprint density at radius 2 is 1.80 bits per heavy atom. The largest absolute Gasteiger partial charge is 0.477 e. The molecule has 0 unspecified atom stereocenters. The number of hydrogen-bond donors (Lipinski definition) is 4. The number of carboxylic acid groups (broad SMARTS) is 1. The molecule has 0 spiro atoms. The third-order valence-electron chi connectivity index (χ3n) is 2.32. The molecule has 0 heterocycles. The maximum Gasteiger partial charge on any atom is 0.341 e. The second kappa shape index (κ2) is 6.22. The van der Waals surface area contributed by atoms with Crippen LogP contribution in [0.2, 0.25) is 0 Å². The first kappa shape index (κ1) is 16.4. The van der Waals surface area contributed by atoms with E-state index in [1.807, 2.05) is 0 Å². The van der Waals surface area contributed by atoms with Crippen LogP contribution in [0.1, 0.15) is 10.4 Å². The third kappa shape index (κ3) is 3.28. The SMILES string of the molecule is O=C(O)c1c(F)ccc(S(=O)(=O)NC(CO)CO)c1F. The van der Waals surface area contributed by atoms with E-state index in [-0.39, 0.29) is 0 Å². The van der Waals surface area contributed by atoms with E-state index in [0.717, 1.165) is 0 Å². The summed E-state index contributed by atoms with van der Waals surface area (Å²) in [6.45, 7) is -1.52. The maximum absolute atomic E-state index is 13.8. The third-order valence-corrected chi connectivity index (χ3v) is 3.86. The molecule has 4 N–H and O–H groups in total. The van der Waals surface area contributed by atoms with Crippen LogP contribution in [0.25, 0.3) is 0 Å². The van der Waals surface area contributed by atoms with Crippen LogP contribution < -0.4 is 4.72 Å². The van der Waals surface area contributed by atoms with Gasteiger partial charge in [0.25, 0.3) is 0 Å². The van der Waals surface area contributed by atoms with Crippen molar-refractivity contribution in [2.24, 2.45) is 0 Å². The highest BCUT2D eigenvalue weighted by Gasteiger charge is 2.28. The predicted octanol–water partition coefficient (Wildman–Crippen LogP) is -0.706. The summed E-state index contributed by atoms with van der Waals surface area (Å²) in [5, 5.41) is 26.2. The molecule has 0 saturated heterocycles. The Hall–Kier alpha value is -1.62. The summed E-state index contributed by atoms with van der Waals surface area (Å²) >= 11 is 0. The Bertz CT molecular complexity index is 614. The summed E-state index contributed by atoms with van der Waals surface area (Å²) in [6.07, 6.45) is 0. The molecule has 0 radical (unpaired) electrons. The Morgan fingerprint density at radius 3 is 2.25 bits per heavy atom. The van der Waals surface area contributed by atoms with Crippen molar-refractivity contribution < 1.29 is 37.3 Å². The van der Waals surface area contributed by atoms with Gasteiger partial charge in [-0.3, -0.25) is 0 Å². The fourth-order valence-electron chi connectivity index (χ4n) is 1.35. The highest BCUT2D eigenvalue weighted by Crippen LogP contribution is 2.21. The molecule has 0 aromatic heterocycles. The van der Waals surface area contributed by atoms with Gasteiger partial charge in [0.1, 0.15) is 16.3 Å². The molecular weight excluding hydrogens is 300 g/mol. The monoisotopic (exact) mass is 311 g/mol. The molecule has 0 bridgehead atoms. The number of nitrogens with one attached hydrogen (secondary N) is 1. The van der Waals surface area contributed by atoms with Crippen molar-refractivity contribution >= 4 is 16.0 Å². The van der Waals surface area contributed by atoms with E-state index in [9.17, 15) is 22.0 Å². The zero-order valence-corrected chi connectivity index (χ0v) is 10.7. The molecule has 112 valence electrons. The lowest BCUT2D eigenvalue weighted by atomic mass is 10.2. The summed E-state index contributed by atoms with van der Waals surface area (Å²) < 4.78 is 52.2. The Kier molecular flexibility index (Phi) is 5.11. The van der Waals surface area contributed by atoms with E-state index in [1.54, 1.807) is 4.72 Å². The predicted molar refractivity (Wildman–Crippen MR) is 61.6 cm³/mol. The lowest BCUT2D eigenvalue weighted by Crippen LogP contribution is -2.40. The van der Waals surface area contributed by atoms with Gasteiger partial charge in [0.15, 0.2) is 5.82 Å². The topological polar surface area (TPSA) is 124 Å². The Morgan fingerprint density at radius 1 is 1.25 bits per heavy atom. The van der Waals surface area contributed by atoms with Crippen LogP contribution in [0.15, 0.2) is 17.0 Å². The molecule has 0 amide bonds. The summed E-state index contributed by atoms with van der Waals surface area (Å²) in [7, 11) is -4.56.